The quantitative estimate of drug-likeness (QED) is 0.868. The highest BCUT2D eigenvalue weighted by Gasteiger charge is 2.14. The van der Waals surface area contributed by atoms with Crippen molar-refractivity contribution in [2.75, 3.05) is 0 Å². The number of benzene rings is 1. The lowest BCUT2D eigenvalue weighted by Crippen LogP contribution is -2.10. The fourth-order valence-electron chi connectivity index (χ4n) is 1.73. The van der Waals surface area contributed by atoms with E-state index in [1.807, 2.05) is 0 Å². The van der Waals surface area contributed by atoms with Crippen molar-refractivity contribution >= 4 is 11.9 Å². The van der Waals surface area contributed by atoms with E-state index in [0.29, 0.717) is 22.6 Å². The van der Waals surface area contributed by atoms with Crippen LogP contribution < -0.4 is 10.5 Å². The van der Waals surface area contributed by atoms with Gasteiger partial charge >= 0.3 is 5.97 Å². The number of ether oxygens (including phenoxy) is 1. The van der Waals surface area contributed by atoms with Gasteiger partial charge in [-0.1, -0.05) is 6.07 Å². The minimum Gasteiger partial charge on any atom is -0.486 e. The Morgan fingerprint density at radius 2 is 2.10 bits per heavy atom. The number of carboxylic acid groups (broad SMARTS) is 1. The molecule has 0 spiro atoms. The average Bonchev–Trinajstić information content (AvgIpc) is 2.78. The SMILES string of the molecule is Cc1cc(COc2cccc(C(N)=O)c2)oc1C(=O)O. The highest BCUT2D eigenvalue weighted by atomic mass is 16.5. The second-order valence-corrected chi connectivity index (χ2v) is 4.21. The van der Waals surface area contributed by atoms with Crippen LogP contribution in [0.1, 0.15) is 32.2 Å². The highest BCUT2D eigenvalue weighted by Crippen LogP contribution is 2.18. The summed E-state index contributed by atoms with van der Waals surface area (Å²) in [6.07, 6.45) is 0. The molecule has 20 heavy (non-hydrogen) atoms. The standard InChI is InChI=1S/C14H13NO5/c1-8-5-11(20-12(8)14(17)18)7-19-10-4-2-3-9(6-10)13(15)16/h2-6H,7H2,1H3,(H2,15,16)(H,17,18). The summed E-state index contributed by atoms with van der Waals surface area (Å²) in [7, 11) is 0. The van der Waals surface area contributed by atoms with Gasteiger partial charge in [0.25, 0.3) is 0 Å². The molecule has 2 aromatic rings. The number of aromatic carboxylic acids is 1. The van der Waals surface area contributed by atoms with Crippen molar-refractivity contribution in [1.82, 2.24) is 0 Å². The Bertz CT molecular complexity index is 659. The number of hydrogen-bond acceptors (Lipinski definition) is 4. The van der Waals surface area contributed by atoms with Crippen molar-refractivity contribution < 1.29 is 23.8 Å². The number of aryl methyl sites for hydroxylation is 1. The molecule has 6 heteroatoms. The lowest BCUT2D eigenvalue weighted by Gasteiger charge is -2.05. The predicted octanol–water partition coefficient (Wildman–Crippen LogP) is 1.96. The first-order chi connectivity index (χ1) is 9.47. The van der Waals surface area contributed by atoms with E-state index < -0.39 is 11.9 Å². The summed E-state index contributed by atoms with van der Waals surface area (Å²) >= 11 is 0. The first kappa shape index (κ1) is 13.7. The van der Waals surface area contributed by atoms with Crippen LogP contribution in [0.5, 0.6) is 5.75 Å². The number of carboxylic acids is 1. The summed E-state index contributed by atoms with van der Waals surface area (Å²) in [6, 6.07) is 8.00. The molecule has 0 bridgehead atoms. The van der Waals surface area contributed by atoms with Crippen molar-refractivity contribution in [1.29, 1.82) is 0 Å². The Morgan fingerprint density at radius 3 is 2.70 bits per heavy atom. The summed E-state index contributed by atoms with van der Waals surface area (Å²) in [5.41, 5.74) is 6.04. The number of amides is 1. The van der Waals surface area contributed by atoms with Crippen molar-refractivity contribution in [2.45, 2.75) is 13.5 Å². The maximum Gasteiger partial charge on any atom is 0.372 e. The molecule has 6 nitrogen and oxygen atoms in total. The smallest absolute Gasteiger partial charge is 0.372 e. The van der Waals surface area contributed by atoms with Gasteiger partial charge in [-0.2, -0.15) is 0 Å². The van der Waals surface area contributed by atoms with Crippen LogP contribution in [0, 0.1) is 6.92 Å². The van der Waals surface area contributed by atoms with E-state index >= 15 is 0 Å². The molecule has 0 aliphatic heterocycles. The topological polar surface area (TPSA) is 103 Å². The number of carbonyl (C=O) groups is 2. The van der Waals surface area contributed by atoms with Crippen LogP contribution in [0.2, 0.25) is 0 Å². The van der Waals surface area contributed by atoms with Gasteiger partial charge < -0.3 is 20.0 Å². The molecule has 0 fully saturated rings. The first-order valence-electron chi connectivity index (χ1n) is 5.82. The van der Waals surface area contributed by atoms with Crippen LogP contribution in [0.3, 0.4) is 0 Å². The number of primary amides is 1. The Hall–Kier alpha value is -2.76. The molecule has 1 aromatic heterocycles. The van der Waals surface area contributed by atoms with E-state index in [9.17, 15) is 9.59 Å². The van der Waals surface area contributed by atoms with Gasteiger partial charge in [0.05, 0.1) is 0 Å². The molecule has 3 N–H and O–H groups in total. The van der Waals surface area contributed by atoms with Crippen molar-refractivity contribution in [3.63, 3.8) is 0 Å². The van der Waals surface area contributed by atoms with Gasteiger partial charge in [0, 0.05) is 11.1 Å². The van der Waals surface area contributed by atoms with E-state index in [1.165, 1.54) is 6.07 Å². The summed E-state index contributed by atoms with van der Waals surface area (Å²) in [4.78, 5) is 21.9. The fraction of sp³-hybridized carbons (Fsp3) is 0.143. The van der Waals surface area contributed by atoms with Crippen molar-refractivity contribution in [3.05, 3.63) is 53.0 Å². The third kappa shape index (κ3) is 2.97. The molecule has 0 aliphatic carbocycles. The van der Waals surface area contributed by atoms with Gasteiger partial charge in [0.2, 0.25) is 11.7 Å². The summed E-state index contributed by atoms with van der Waals surface area (Å²) in [6.45, 7) is 1.71. The molecule has 1 aromatic carbocycles. The number of rotatable bonds is 5. The zero-order valence-corrected chi connectivity index (χ0v) is 10.8. The number of nitrogens with two attached hydrogens (primary N) is 1. The third-order valence-electron chi connectivity index (χ3n) is 2.66. The van der Waals surface area contributed by atoms with Crippen LogP contribution in [0.15, 0.2) is 34.7 Å². The largest absolute Gasteiger partial charge is 0.486 e. The van der Waals surface area contributed by atoms with E-state index in [1.54, 1.807) is 31.2 Å². The molecule has 0 unspecified atom stereocenters. The monoisotopic (exact) mass is 275 g/mol. The van der Waals surface area contributed by atoms with Crippen LogP contribution in [-0.2, 0) is 6.61 Å². The van der Waals surface area contributed by atoms with Gasteiger partial charge in [-0.15, -0.1) is 0 Å². The van der Waals surface area contributed by atoms with Gasteiger partial charge in [-0.05, 0) is 31.2 Å². The van der Waals surface area contributed by atoms with E-state index in [0.717, 1.165) is 0 Å². The van der Waals surface area contributed by atoms with Crippen molar-refractivity contribution in [2.24, 2.45) is 5.73 Å². The predicted molar refractivity (Wildman–Crippen MR) is 69.7 cm³/mol. The average molecular weight is 275 g/mol. The number of furan rings is 1. The molecule has 0 radical (unpaired) electrons. The molecule has 1 amide bonds. The molecular weight excluding hydrogens is 262 g/mol. The van der Waals surface area contributed by atoms with Gasteiger partial charge in [0.15, 0.2) is 0 Å². The summed E-state index contributed by atoms with van der Waals surface area (Å²) in [5.74, 6) is -0.923. The lowest BCUT2D eigenvalue weighted by molar-refractivity contribution is 0.0657. The second kappa shape index (κ2) is 5.48. The van der Waals surface area contributed by atoms with Gasteiger partial charge in [0.1, 0.15) is 18.1 Å². The molecule has 1 heterocycles. The van der Waals surface area contributed by atoms with Crippen LogP contribution in [0.25, 0.3) is 0 Å². The van der Waals surface area contributed by atoms with Gasteiger partial charge in [-0.25, -0.2) is 4.79 Å². The third-order valence-corrected chi connectivity index (χ3v) is 2.66. The Labute approximate surface area is 114 Å². The van der Waals surface area contributed by atoms with E-state index in [-0.39, 0.29) is 12.4 Å². The molecule has 0 atom stereocenters. The molecule has 0 saturated heterocycles. The molecule has 0 saturated carbocycles. The molecule has 104 valence electrons. The highest BCUT2D eigenvalue weighted by molar-refractivity contribution is 5.93. The molecular formula is C14H13NO5. The maximum atomic E-state index is 11.0. The minimum absolute atomic E-state index is 0.0658. The Kier molecular flexibility index (Phi) is 3.74. The van der Waals surface area contributed by atoms with Crippen LogP contribution in [-0.4, -0.2) is 17.0 Å². The fourth-order valence-corrected chi connectivity index (χ4v) is 1.73. The maximum absolute atomic E-state index is 11.0. The van der Waals surface area contributed by atoms with E-state index in [4.69, 9.17) is 20.0 Å². The zero-order chi connectivity index (χ0) is 14.7. The Balaban J connectivity index is 2.09. The van der Waals surface area contributed by atoms with Gasteiger partial charge in [-0.3, -0.25) is 4.79 Å². The van der Waals surface area contributed by atoms with E-state index in [2.05, 4.69) is 0 Å². The number of carbonyl (C=O) groups excluding carboxylic acids is 1. The second-order valence-electron chi connectivity index (χ2n) is 4.21. The molecule has 2 rings (SSSR count). The minimum atomic E-state index is -1.12. The Morgan fingerprint density at radius 1 is 1.35 bits per heavy atom. The summed E-state index contributed by atoms with van der Waals surface area (Å²) < 4.78 is 10.6. The lowest BCUT2D eigenvalue weighted by atomic mass is 10.2. The van der Waals surface area contributed by atoms with Crippen LogP contribution in [0.4, 0.5) is 0 Å². The van der Waals surface area contributed by atoms with Crippen LogP contribution >= 0.6 is 0 Å². The normalized spacial score (nSPS) is 10.2. The zero-order valence-electron chi connectivity index (χ0n) is 10.8. The first-order valence-corrected chi connectivity index (χ1v) is 5.82. The number of hydrogen-bond donors (Lipinski definition) is 2. The summed E-state index contributed by atoms with van der Waals surface area (Å²) in [5, 5.41) is 8.88. The van der Waals surface area contributed by atoms with Crippen molar-refractivity contribution in [3.8, 4) is 5.75 Å². The molecule has 0 aliphatic rings.